The Labute approximate surface area is 174 Å². The summed E-state index contributed by atoms with van der Waals surface area (Å²) >= 11 is 4.55. The highest BCUT2D eigenvalue weighted by atomic mass is 79.9. The third-order valence-corrected chi connectivity index (χ3v) is 9.88. The Morgan fingerprint density at radius 1 is 1.22 bits per heavy atom. The van der Waals surface area contributed by atoms with Crippen LogP contribution in [0.4, 0.5) is 0 Å². The number of nitrogens with one attached hydrogen (secondary N) is 1. The van der Waals surface area contributed by atoms with Crippen molar-refractivity contribution < 1.29 is 13.2 Å². The second kappa shape index (κ2) is 8.90. The van der Waals surface area contributed by atoms with Gasteiger partial charge in [-0.3, -0.25) is 9.69 Å². The quantitative estimate of drug-likeness (QED) is 0.707. The zero-order valence-electron chi connectivity index (χ0n) is 15.9. The molecule has 3 rings (SSSR count). The van der Waals surface area contributed by atoms with Gasteiger partial charge >= 0.3 is 0 Å². The van der Waals surface area contributed by atoms with Crippen molar-refractivity contribution in [3.63, 3.8) is 0 Å². The molecule has 1 aromatic rings. The molecule has 27 heavy (non-hydrogen) atoms. The van der Waals surface area contributed by atoms with E-state index >= 15 is 0 Å². The molecule has 0 aromatic carbocycles. The van der Waals surface area contributed by atoms with E-state index in [-0.39, 0.29) is 11.9 Å². The number of carbonyl (C=O) groups is 1. The molecule has 3 unspecified atom stereocenters. The molecule has 2 aliphatic rings. The molecule has 0 radical (unpaired) electrons. The van der Waals surface area contributed by atoms with Crippen LogP contribution in [-0.2, 0) is 14.8 Å². The first kappa shape index (κ1) is 21.2. The Kier molecular flexibility index (Phi) is 7.00. The molecule has 9 heteroatoms. The van der Waals surface area contributed by atoms with Crippen LogP contribution in [0.25, 0.3) is 0 Å². The minimum absolute atomic E-state index is 0.0550. The molecule has 1 aromatic heterocycles. The Morgan fingerprint density at radius 3 is 2.56 bits per heavy atom. The highest BCUT2D eigenvalue weighted by Gasteiger charge is 2.31. The predicted molar refractivity (Wildman–Crippen MR) is 111 cm³/mol. The standard InChI is InChI=1S/C18H28BrN3O3S2/c1-13-4-3-5-15(14(13)2)20-17(23)12-21-8-10-22(11-9-21)27(24,25)18-7-6-16(19)26-18/h6-7,13-15H,3-5,8-12H2,1-2H3,(H,20,23). The molecule has 0 spiro atoms. The maximum absolute atomic E-state index is 12.7. The van der Waals surface area contributed by atoms with E-state index in [0.717, 1.165) is 10.2 Å². The summed E-state index contributed by atoms with van der Waals surface area (Å²) < 4.78 is 28.0. The van der Waals surface area contributed by atoms with Gasteiger partial charge in [-0.25, -0.2) is 8.42 Å². The van der Waals surface area contributed by atoms with E-state index in [1.54, 1.807) is 12.1 Å². The zero-order chi connectivity index (χ0) is 19.6. The zero-order valence-corrected chi connectivity index (χ0v) is 19.1. The largest absolute Gasteiger partial charge is 0.352 e. The van der Waals surface area contributed by atoms with Crippen molar-refractivity contribution in [1.82, 2.24) is 14.5 Å². The van der Waals surface area contributed by atoms with Crippen molar-refractivity contribution >= 4 is 43.2 Å². The lowest BCUT2D eigenvalue weighted by Gasteiger charge is -2.36. The molecule has 0 bridgehead atoms. The molecule has 3 atom stereocenters. The number of hydrogen-bond donors (Lipinski definition) is 1. The number of hydrogen-bond acceptors (Lipinski definition) is 5. The molecule has 1 aliphatic carbocycles. The van der Waals surface area contributed by atoms with Gasteiger partial charge in [0.05, 0.1) is 10.3 Å². The van der Waals surface area contributed by atoms with Crippen molar-refractivity contribution in [2.75, 3.05) is 32.7 Å². The first-order chi connectivity index (χ1) is 12.8. The molecule has 1 aliphatic heterocycles. The van der Waals surface area contributed by atoms with Gasteiger partial charge in [0.15, 0.2) is 0 Å². The number of sulfonamides is 1. The van der Waals surface area contributed by atoms with Gasteiger partial charge in [0.1, 0.15) is 4.21 Å². The first-order valence-electron chi connectivity index (χ1n) is 9.54. The summed E-state index contributed by atoms with van der Waals surface area (Å²) in [5.41, 5.74) is 0. The van der Waals surface area contributed by atoms with E-state index in [9.17, 15) is 13.2 Å². The van der Waals surface area contributed by atoms with E-state index in [1.165, 1.54) is 28.5 Å². The Hall–Kier alpha value is -0.480. The molecule has 2 fully saturated rings. The van der Waals surface area contributed by atoms with Crippen molar-refractivity contribution in [1.29, 1.82) is 0 Å². The van der Waals surface area contributed by atoms with E-state index in [2.05, 4.69) is 35.1 Å². The topological polar surface area (TPSA) is 69.7 Å². The average Bonchev–Trinajstić information content (AvgIpc) is 3.07. The number of halogens is 1. The van der Waals surface area contributed by atoms with Crippen molar-refractivity contribution in [2.24, 2.45) is 11.8 Å². The smallest absolute Gasteiger partial charge is 0.252 e. The van der Waals surface area contributed by atoms with Crippen LogP contribution >= 0.6 is 27.3 Å². The lowest BCUT2D eigenvalue weighted by atomic mass is 9.78. The van der Waals surface area contributed by atoms with Gasteiger partial charge in [-0.2, -0.15) is 4.31 Å². The van der Waals surface area contributed by atoms with Crippen molar-refractivity contribution in [2.45, 2.75) is 43.4 Å². The SMILES string of the molecule is CC1CCCC(NC(=O)CN2CCN(S(=O)(=O)c3ccc(Br)s3)CC2)C1C. The Morgan fingerprint density at radius 2 is 1.93 bits per heavy atom. The fourth-order valence-corrected chi connectivity index (χ4v) is 7.52. The third-order valence-electron chi connectivity index (χ3n) is 5.89. The number of piperazine rings is 1. The average molecular weight is 478 g/mol. The number of rotatable bonds is 5. The molecule has 152 valence electrons. The van der Waals surface area contributed by atoms with Crippen LogP contribution in [0.15, 0.2) is 20.1 Å². The Balaban J connectivity index is 1.48. The van der Waals surface area contributed by atoms with Gasteiger partial charge in [0, 0.05) is 32.2 Å². The summed E-state index contributed by atoms with van der Waals surface area (Å²) in [6.45, 7) is 6.82. The fraction of sp³-hybridized carbons (Fsp3) is 0.722. The minimum Gasteiger partial charge on any atom is -0.352 e. The second-order valence-electron chi connectivity index (χ2n) is 7.68. The van der Waals surface area contributed by atoms with Crippen molar-refractivity contribution in [3.05, 3.63) is 15.9 Å². The maximum atomic E-state index is 12.7. The van der Waals surface area contributed by atoms with Crippen LogP contribution in [-0.4, -0.2) is 62.3 Å². The van der Waals surface area contributed by atoms with Crippen LogP contribution in [0.5, 0.6) is 0 Å². The van der Waals surface area contributed by atoms with Crippen LogP contribution in [0.3, 0.4) is 0 Å². The van der Waals surface area contributed by atoms with Crippen molar-refractivity contribution in [3.8, 4) is 0 Å². The summed E-state index contributed by atoms with van der Waals surface area (Å²) in [4.78, 5) is 14.5. The van der Waals surface area contributed by atoms with Gasteiger partial charge < -0.3 is 5.32 Å². The van der Waals surface area contributed by atoms with E-state index in [1.807, 2.05) is 4.90 Å². The Bertz CT molecular complexity index is 760. The molecule has 1 amide bonds. The first-order valence-corrected chi connectivity index (χ1v) is 12.6. The van der Waals surface area contributed by atoms with Crippen LogP contribution < -0.4 is 5.32 Å². The normalized spacial score (nSPS) is 28.2. The maximum Gasteiger partial charge on any atom is 0.252 e. The number of amides is 1. The van der Waals surface area contributed by atoms with Gasteiger partial charge in [-0.05, 0) is 46.3 Å². The molecule has 1 saturated carbocycles. The van der Waals surface area contributed by atoms with Crippen LogP contribution in [0.2, 0.25) is 0 Å². The fourth-order valence-electron chi connectivity index (χ4n) is 3.93. The molecular weight excluding hydrogens is 450 g/mol. The summed E-state index contributed by atoms with van der Waals surface area (Å²) in [7, 11) is -3.43. The molecule has 1 N–H and O–H groups in total. The predicted octanol–water partition coefficient (Wildman–Crippen LogP) is 2.76. The monoisotopic (exact) mass is 477 g/mol. The minimum atomic E-state index is -3.43. The number of thiophene rings is 1. The molecule has 2 heterocycles. The van der Waals surface area contributed by atoms with Crippen LogP contribution in [0.1, 0.15) is 33.1 Å². The highest BCUT2D eigenvalue weighted by molar-refractivity contribution is 9.11. The van der Waals surface area contributed by atoms with E-state index in [4.69, 9.17) is 0 Å². The third kappa shape index (κ3) is 5.12. The van der Waals surface area contributed by atoms with E-state index < -0.39 is 10.0 Å². The van der Waals surface area contributed by atoms with Gasteiger partial charge in [-0.15, -0.1) is 11.3 Å². The lowest BCUT2D eigenvalue weighted by Crippen LogP contribution is -2.52. The summed E-state index contributed by atoms with van der Waals surface area (Å²) in [5.74, 6) is 1.21. The van der Waals surface area contributed by atoms with Gasteiger partial charge in [0.25, 0.3) is 10.0 Å². The molecular formula is C18H28BrN3O3S2. The lowest BCUT2D eigenvalue weighted by molar-refractivity contribution is -0.124. The molecule has 6 nitrogen and oxygen atoms in total. The highest BCUT2D eigenvalue weighted by Crippen LogP contribution is 2.30. The second-order valence-corrected chi connectivity index (χ2v) is 12.3. The summed E-state index contributed by atoms with van der Waals surface area (Å²) in [6.07, 6.45) is 3.47. The molecule has 1 saturated heterocycles. The van der Waals surface area contributed by atoms with Gasteiger partial charge in [0.2, 0.25) is 5.91 Å². The number of nitrogens with zero attached hydrogens (tertiary/aromatic N) is 2. The van der Waals surface area contributed by atoms with Gasteiger partial charge in [-0.1, -0.05) is 26.7 Å². The summed E-state index contributed by atoms with van der Waals surface area (Å²) in [5, 5.41) is 3.20. The summed E-state index contributed by atoms with van der Waals surface area (Å²) in [6, 6.07) is 3.65. The van der Waals surface area contributed by atoms with E-state index in [0.29, 0.717) is 48.8 Å². The number of carbonyl (C=O) groups excluding carboxylic acids is 1. The van der Waals surface area contributed by atoms with Crippen LogP contribution in [0, 0.1) is 11.8 Å².